The molecule has 2 aliphatic rings. The van der Waals surface area contributed by atoms with Crippen LogP contribution in [0, 0.1) is 139 Å². The zero-order valence-electron chi connectivity index (χ0n) is 44.2. The van der Waals surface area contributed by atoms with E-state index in [0.29, 0.717) is 10.8 Å². The van der Waals surface area contributed by atoms with Crippen molar-refractivity contribution in [1.82, 2.24) is 0 Å². The Hall–Kier alpha value is -4.50. The number of rotatable bonds is 20. The molecule has 6 rings (SSSR count). The van der Waals surface area contributed by atoms with Crippen LogP contribution in [0.15, 0.2) is 0 Å². The zero-order valence-corrected chi connectivity index (χ0v) is 44.2. The molecule has 2 aliphatic carbocycles. The summed E-state index contributed by atoms with van der Waals surface area (Å²) in [6, 6.07) is 1.73. The van der Waals surface area contributed by atoms with Gasteiger partial charge in [-0.25, -0.2) is 87.8 Å². The van der Waals surface area contributed by atoms with E-state index in [1.165, 1.54) is 128 Å². The average molecular weight is 1140 g/mol. The quantitative estimate of drug-likeness (QED) is 0.0299. The van der Waals surface area contributed by atoms with E-state index in [1.54, 1.807) is 0 Å². The van der Waals surface area contributed by atoms with Gasteiger partial charge in [-0.1, -0.05) is 106 Å². The lowest BCUT2D eigenvalue weighted by atomic mass is 9.12. The van der Waals surface area contributed by atoms with E-state index in [0.717, 1.165) is 23.9 Å². The first-order valence-corrected chi connectivity index (χ1v) is 26.7. The molecule has 22 heteroatoms. The molecular weight excluding hydrogens is 1080 g/mol. The Morgan fingerprint density at radius 1 is 0.321 bits per heavy atom. The molecule has 0 aromatic heterocycles. The highest BCUT2D eigenvalue weighted by atomic mass is 19.2. The van der Waals surface area contributed by atoms with Gasteiger partial charge in [-0.2, -0.15) is 0 Å². The molecule has 4 aromatic carbocycles. The molecule has 78 heavy (non-hydrogen) atoms. The fourth-order valence-corrected chi connectivity index (χ4v) is 13.2. The summed E-state index contributed by atoms with van der Waals surface area (Å²) in [4.78, 5) is 0. The Balaban J connectivity index is 0.000000302. The van der Waals surface area contributed by atoms with Crippen molar-refractivity contribution in [1.29, 1.82) is 0 Å². The van der Waals surface area contributed by atoms with Crippen molar-refractivity contribution in [3.05, 3.63) is 116 Å². The number of halogens is 20. The van der Waals surface area contributed by atoms with E-state index in [2.05, 4.69) is 46.9 Å². The van der Waals surface area contributed by atoms with Crippen LogP contribution in [0.3, 0.4) is 0 Å². The molecule has 0 saturated heterocycles. The standard InChI is InChI=1S/C32H63N.C24BF20/c1-7-9-13-19-29(31(25-27(3)4)21-15-11-16-22-31)33-30(20-14-10-8-2)32(26-28(5)6)23-17-12-18-24-32;26-5-1(6(27)14(35)21(42)13(5)34)25(2-7(28)15(36)22(43)16(37)8(2)29,3-9(30)17(38)23(44)18(39)10(3)31)4-11(32)19(40)24(45)20(41)12(4)33/h27-30,33H,7-26H2,1-6H3;/q;-1/p+1. The van der Waals surface area contributed by atoms with Gasteiger partial charge < -0.3 is 5.32 Å². The second kappa shape index (κ2) is 26.4. The van der Waals surface area contributed by atoms with Gasteiger partial charge >= 0.3 is 0 Å². The van der Waals surface area contributed by atoms with Gasteiger partial charge in [0.15, 0.2) is 69.8 Å². The number of unbranched alkanes of at least 4 members (excludes halogenated alkanes) is 4. The van der Waals surface area contributed by atoms with Gasteiger partial charge in [0.1, 0.15) is 52.7 Å². The Morgan fingerprint density at radius 3 is 0.718 bits per heavy atom. The van der Waals surface area contributed by atoms with Crippen molar-refractivity contribution in [3.63, 3.8) is 0 Å². The normalized spacial score (nSPS) is 16.5. The maximum Gasteiger partial charge on any atom is 0.200 e. The van der Waals surface area contributed by atoms with Crippen LogP contribution in [0.2, 0.25) is 0 Å². The van der Waals surface area contributed by atoms with Crippen LogP contribution in [0.4, 0.5) is 87.8 Å². The molecule has 0 heterocycles. The van der Waals surface area contributed by atoms with E-state index in [9.17, 15) is 52.7 Å². The summed E-state index contributed by atoms with van der Waals surface area (Å²) < 4.78 is 294. The van der Waals surface area contributed by atoms with Gasteiger partial charge in [-0.3, -0.25) is 0 Å². The molecule has 436 valence electrons. The van der Waals surface area contributed by atoms with E-state index in [1.807, 2.05) is 0 Å². The Kier molecular flexibility index (Phi) is 21.8. The number of hydrogen-bond acceptors (Lipinski definition) is 0. The molecule has 0 spiro atoms. The number of hydrogen-bond donors (Lipinski definition) is 1. The second-order valence-electron chi connectivity index (χ2n) is 22.2. The molecular formula is C56H64BF20N. The molecule has 1 nitrogen and oxygen atoms in total. The van der Waals surface area contributed by atoms with E-state index in [-0.39, 0.29) is 0 Å². The van der Waals surface area contributed by atoms with Gasteiger partial charge in [0.2, 0.25) is 0 Å². The Morgan fingerprint density at radius 2 is 0.526 bits per heavy atom. The third-order valence-electron chi connectivity index (χ3n) is 16.3. The highest BCUT2D eigenvalue weighted by molar-refractivity contribution is 7.20. The zero-order chi connectivity index (χ0) is 58.5. The summed E-state index contributed by atoms with van der Waals surface area (Å²) in [6.45, 7) is 14.8. The first-order valence-electron chi connectivity index (χ1n) is 26.7. The molecule has 2 N–H and O–H groups in total. The predicted octanol–water partition coefficient (Wildman–Crippen LogP) is 15.3. The van der Waals surface area contributed by atoms with Crippen molar-refractivity contribution in [2.75, 3.05) is 0 Å². The topological polar surface area (TPSA) is 16.6 Å². The number of nitrogens with two attached hydrogens (primary N) is 1. The van der Waals surface area contributed by atoms with Crippen LogP contribution < -0.4 is 27.2 Å². The van der Waals surface area contributed by atoms with Crippen molar-refractivity contribution in [3.8, 4) is 0 Å². The highest BCUT2D eigenvalue weighted by Crippen LogP contribution is 2.48. The van der Waals surface area contributed by atoms with Crippen LogP contribution >= 0.6 is 0 Å². The molecule has 0 bridgehead atoms. The molecule has 2 fully saturated rings. The molecule has 2 atom stereocenters. The average Bonchev–Trinajstić information content (AvgIpc) is 3.12. The summed E-state index contributed by atoms with van der Waals surface area (Å²) in [5.74, 6) is -69.7. The fourth-order valence-electron chi connectivity index (χ4n) is 13.2. The summed E-state index contributed by atoms with van der Waals surface area (Å²) in [6.07, 6.45) is 22.1. The third kappa shape index (κ3) is 12.1. The minimum Gasteiger partial charge on any atom is -0.340 e. The van der Waals surface area contributed by atoms with Gasteiger partial charge in [0, 0.05) is 10.8 Å². The summed E-state index contributed by atoms with van der Waals surface area (Å²) in [5, 5.41) is 3.09. The Labute approximate surface area is 441 Å². The number of quaternary nitrogens is 1. The summed E-state index contributed by atoms with van der Waals surface area (Å²) in [7, 11) is 0. The maximum atomic E-state index is 15.4. The SMILES string of the molecule is CCCCCC([NH2+]C(CCCCC)C1(CC(C)C)CCCCC1)C1(CC(C)C)CCCCC1.Fc1c(F)c(F)c([B-](c2c(F)c(F)c(F)c(F)c2F)(c2c(F)c(F)c(F)c(F)c2F)c2c(F)c(F)c(F)c(F)c2F)c(F)c1F. The minimum absolute atomic E-state index is 0.608. The molecule has 2 saturated carbocycles. The van der Waals surface area contributed by atoms with Gasteiger partial charge in [-0.05, 0) is 76.0 Å². The largest absolute Gasteiger partial charge is 0.340 e. The van der Waals surface area contributed by atoms with E-state index in [4.69, 9.17) is 0 Å². The highest BCUT2D eigenvalue weighted by Gasteiger charge is 2.53. The minimum atomic E-state index is -7.22. The lowest BCUT2D eigenvalue weighted by Gasteiger charge is -2.49. The predicted molar refractivity (Wildman–Crippen MR) is 257 cm³/mol. The Bertz CT molecular complexity index is 2320. The summed E-state index contributed by atoms with van der Waals surface area (Å²) in [5.41, 5.74) is -13.1. The monoisotopic (exact) mass is 1140 g/mol. The summed E-state index contributed by atoms with van der Waals surface area (Å²) >= 11 is 0. The van der Waals surface area contributed by atoms with Crippen molar-refractivity contribution in [2.24, 2.45) is 22.7 Å². The van der Waals surface area contributed by atoms with Gasteiger partial charge in [-0.15, -0.1) is 21.9 Å². The van der Waals surface area contributed by atoms with Gasteiger partial charge in [0.05, 0.1) is 12.1 Å². The van der Waals surface area contributed by atoms with Crippen LogP contribution in [0.5, 0.6) is 0 Å². The van der Waals surface area contributed by atoms with Crippen molar-refractivity contribution >= 4 is 28.0 Å². The molecule has 0 radical (unpaired) electrons. The van der Waals surface area contributed by atoms with Crippen LogP contribution in [-0.4, -0.2) is 18.2 Å². The molecule has 4 aromatic rings. The first-order chi connectivity index (χ1) is 36.6. The van der Waals surface area contributed by atoms with Crippen molar-refractivity contribution < 1.29 is 93.1 Å². The van der Waals surface area contributed by atoms with Crippen LogP contribution in [0.25, 0.3) is 0 Å². The van der Waals surface area contributed by atoms with E-state index >= 15 is 35.1 Å². The lowest BCUT2D eigenvalue weighted by molar-refractivity contribution is -0.749. The smallest absolute Gasteiger partial charge is 0.200 e. The van der Waals surface area contributed by atoms with E-state index < -0.39 is 144 Å². The number of benzene rings is 4. The van der Waals surface area contributed by atoms with Crippen LogP contribution in [-0.2, 0) is 0 Å². The molecule has 0 aliphatic heterocycles. The lowest BCUT2D eigenvalue weighted by Crippen LogP contribution is -3.00. The maximum absolute atomic E-state index is 15.4. The molecule has 2 unspecified atom stereocenters. The second-order valence-corrected chi connectivity index (χ2v) is 22.2. The first kappa shape index (κ1) is 64.3. The fraction of sp³-hybridized carbons (Fsp3) is 0.571. The van der Waals surface area contributed by atoms with Crippen molar-refractivity contribution in [2.45, 2.75) is 182 Å². The molecule has 0 amide bonds. The third-order valence-corrected chi connectivity index (χ3v) is 16.3. The van der Waals surface area contributed by atoms with Gasteiger partial charge in [0.25, 0.3) is 0 Å². The van der Waals surface area contributed by atoms with Crippen LogP contribution in [0.1, 0.15) is 170 Å².